The lowest BCUT2D eigenvalue weighted by Crippen LogP contribution is -2.04. The van der Waals surface area contributed by atoms with Gasteiger partial charge in [-0.2, -0.15) is 0 Å². The molecule has 14 heavy (non-hydrogen) atoms. The first-order valence-corrected chi connectivity index (χ1v) is 3.44. The third-order valence-corrected chi connectivity index (χ3v) is 1.24. The molecule has 0 amide bonds. The van der Waals surface area contributed by atoms with Crippen molar-refractivity contribution in [2.24, 2.45) is 0 Å². The Morgan fingerprint density at radius 3 is 1.71 bits per heavy atom. The zero-order valence-electron chi connectivity index (χ0n) is 7.22. The van der Waals surface area contributed by atoms with E-state index in [4.69, 9.17) is 15.3 Å². The van der Waals surface area contributed by atoms with Crippen LogP contribution in [0.3, 0.4) is 0 Å². The van der Waals surface area contributed by atoms with Crippen molar-refractivity contribution in [2.75, 3.05) is 0 Å². The maximum Gasteiger partial charge on any atom is 0.335 e. The molecule has 0 aliphatic carbocycles. The van der Waals surface area contributed by atoms with E-state index in [9.17, 15) is 14.4 Å². The van der Waals surface area contributed by atoms with Gasteiger partial charge in [0.2, 0.25) is 0 Å². The molecule has 0 radical (unpaired) electrons. The highest BCUT2D eigenvalue weighted by Crippen LogP contribution is 2.03. The quantitative estimate of drug-likeness (QED) is 0.438. The van der Waals surface area contributed by atoms with Crippen LogP contribution >= 0.6 is 0 Å². The van der Waals surface area contributed by atoms with Gasteiger partial charge >= 0.3 is 17.9 Å². The Morgan fingerprint density at radius 2 is 1.43 bits per heavy atom. The minimum absolute atomic E-state index is 0.250. The van der Waals surface area contributed by atoms with E-state index in [1.807, 2.05) is 0 Å². The second-order valence-corrected chi connectivity index (χ2v) is 2.38. The molecule has 0 atom stereocenters. The molecule has 0 saturated carbocycles. The molecule has 0 aliphatic heterocycles. The fourth-order valence-corrected chi connectivity index (χ4v) is 0.593. The summed E-state index contributed by atoms with van der Waals surface area (Å²) in [6.07, 6.45) is 1.20. The van der Waals surface area contributed by atoms with Gasteiger partial charge in [0.1, 0.15) is 0 Å². The van der Waals surface area contributed by atoms with Gasteiger partial charge in [-0.05, 0) is 13.0 Å². The van der Waals surface area contributed by atoms with Gasteiger partial charge in [-0.1, -0.05) is 0 Å². The van der Waals surface area contributed by atoms with Crippen molar-refractivity contribution in [3.63, 3.8) is 0 Å². The third kappa shape index (κ3) is 4.05. The lowest BCUT2D eigenvalue weighted by molar-refractivity contribution is -0.134. The van der Waals surface area contributed by atoms with Crippen LogP contribution in [0.2, 0.25) is 0 Å². The van der Waals surface area contributed by atoms with Gasteiger partial charge in [0.25, 0.3) is 0 Å². The molecule has 0 spiro atoms. The van der Waals surface area contributed by atoms with Crippen molar-refractivity contribution in [1.29, 1.82) is 0 Å². The average molecular weight is 200 g/mol. The van der Waals surface area contributed by atoms with Crippen LogP contribution in [-0.2, 0) is 14.4 Å². The summed E-state index contributed by atoms with van der Waals surface area (Å²) < 4.78 is 0. The fraction of sp³-hybridized carbons (Fsp3) is 0.125. The van der Waals surface area contributed by atoms with Crippen LogP contribution in [-0.4, -0.2) is 33.2 Å². The molecule has 0 unspecified atom stereocenters. The molecule has 6 heteroatoms. The van der Waals surface area contributed by atoms with Crippen molar-refractivity contribution in [2.45, 2.75) is 6.92 Å². The molecule has 0 heterocycles. The maximum absolute atomic E-state index is 10.4. The van der Waals surface area contributed by atoms with E-state index in [0.717, 1.165) is 6.08 Å². The van der Waals surface area contributed by atoms with Crippen molar-refractivity contribution in [3.05, 3.63) is 23.3 Å². The van der Waals surface area contributed by atoms with Gasteiger partial charge in [-0.3, -0.25) is 0 Å². The van der Waals surface area contributed by atoms with Gasteiger partial charge in [-0.25, -0.2) is 14.4 Å². The highest BCUT2D eigenvalue weighted by Gasteiger charge is 2.09. The molecule has 6 nitrogen and oxygen atoms in total. The van der Waals surface area contributed by atoms with E-state index in [0.29, 0.717) is 6.08 Å². The summed E-state index contributed by atoms with van der Waals surface area (Å²) in [5.74, 6) is -4.24. The maximum atomic E-state index is 10.4. The SMILES string of the molecule is CC(=CC(=CC(=O)O)C(=O)O)C(=O)O. The van der Waals surface area contributed by atoms with Crippen molar-refractivity contribution in [3.8, 4) is 0 Å². The summed E-state index contributed by atoms with van der Waals surface area (Å²) in [5, 5.41) is 25.2. The Kier molecular flexibility index (Phi) is 4.08. The molecule has 0 aromatic carbocycles. The van der Waals surface area contributed by atoms with Crippen LogP contribution < -0.4 is 0 Å². The minimum Gasteiger partial charge on any atom is -0.478 e. The second kappa shape index (κ2) is 4.80. The molecule has 76 valence electrons. The number of hydrogen-bond donors (Lipinski definition) is 3. The topological polar surface area (TPSA) is 112 Å². The van der Waals surface area contributed by atoms with Gasteiger partial charge < -0.3 is 15.3 Å². The predicted molar refractivity (Wildman–Crippen MR) is 44.7 cm³/mol. The molecule has 3 N–H and O–H groups in total. The second-order valence-electron chi connectivity index (χ2n) is 2.38. The lowest BCUT2D eigenvalue weighted by Gasteiger charge is -1.95. The first kappa shape index (κ1) is 11.9. The van der Waals surface area contributed by atoms with Crippen molar-refractivity contribution >= 4 is 17.9 Å². The average Bonchev–Trinajstić information content (AvgIpc) is 2.01. The Labute approximate surface area is 78.8 Å². The van der Waals surface area contributed by atoms with Crippen LogP contribution in [0, 0.1) is 0 Å². The smallest absolute Gasteiger partial charge is 0.335 e. The van der Waals surface area contributed by atoms with E-state index in [-0.39, 0.29) is 5.57 Å². The third-order valence-electron chi connectivity index (χ3n) is 1.24. The zero-order chi connectivity index (χ0) is 11.3. The van der Waals surface area contributed by atoms with Gasteiger partial charge in [-0.15, -0.1) is 0 Å². The summed E-state index contributed by atoms with van der Waals surface area (Å²) in [6.45, 7) is 1.17. The number of carboxylic acid groups (broad SMARTS) is 3. The van der Waals surface area contributed by atoms with E-state index in [1.54, 1.807) is 0 Å². The summed E-state index contributed by atoms with van der Waals surface area (Å²) in [7, 11) is 0. The Morgan fingerprint density at radius 1 is 0.929 bits per heavy atom. The lowest BCUT2D eigenvalue weighted by atomic mass is 10.1. The van der Waals surface area contributed by atoms with Gasteiger partial charge in [0.15, 0.2) is 0 Å². The van der Waals surface area contributed by atoms with Crippen molar-refractivity contribution < 1.29 is 29.7 Å². The van der Waals surface area contributed by atoms with Crippen molar-refractivity contribution in [1.82, 2.24) is 0 Å². The molecule has 0 fully saturated rings. The summed E-state index contributed by atoms with van der Waals surface area (Å²) >= 11 is 0. The summed E-state index contributed by atoms with van der Waals surface area (Å²) in [4.78, 5) is 30.9. The number of hydrogen-bond acceptors (Lipinski definition) is 3. The fourth-order valence-electron chi connectivity index (χ4n) is 0.593. The van der Waals surface area contributed by atoms with Crippen LogP contribution in [0.15, 0.2) is 23.3 Å². The molecule has 0 bridgehead atoms. The van der Waals surface area contributed by atoms with Crippen LogP contribution in [0.4, 0.5) is 0 Å². The standard InChI is InChI=1S/C8H8O6/c1-4(7(11)12)2-5(8(13)14)3-6(9)10/h2-3H,1H3,(H,9,10)(H,11,12)(H,13,14). The van der Waals surface area contributed by atoms with Gasteiger partial charge in [0, 0.05) is 11.6 Å². The first-order chi connectivity index (χ1) is 6.34. The first-order valence-electron chi connectivity index (χ1n) is 3.44. The molecular weight excluding hydrogens is 192 g/mol. The Bertz CT molecular complexity index is 336. The number of carboxylic acids is 3. The number of rotatable bonds is 4. The number of carbonyl (C=O) groups is 3. The minimum atomic E-state index is -1.49. The van der Waals surface area contributed by atoms with E-state index in [2.05, 4.69) is 0 Å². The Hall–Kier alpha value is -2.11. The Balaban J connectivity index is 5.07. The van der Waals surface area contributed by atoms with Gasteiger partial charge in [0.05, 0.1) is 5.57 Å². The molecule has 0 aromatic rings. The molecule has 0 aliphatic rings. The highest BCUT2D eigenvalue weighted by atomic mass is 16.4. The molecule has 0 rings (SSSR count). The summed E-state index contributed by atoms with van der Waals surface area (Å²) in [5.41, 5.74) is -0.836. The molecule has 0 aromatic heterocycles. The number of aliphatic carboxylic acids is 3. The predicted octanol–water partition coefficient (Wildman–Crippen LogP) is 0.113. The van der Waals surface area contributed by atoms with Crippen LogP contribution in [0.1, 0.15) is 6.92 Å². The van der Waals surface area contributed by atoms with E-state index >= 15 is 0 Å². The van der Waals surface area contributed by atoms with E-state index in [1.165, 1.54) is 6.92 Å². The largest absolute Gasteiger partial charge is 0.478 e. The highest BCUT2D eigenvalue weighted by molar-refractivity contribution is 5.99. The molecular formula is C8H8O6. The zero-order valence-corrected chi connectivity index (χ0v) is 7.22. The monoisotopic (exact) mass is 200 g/mol. The van der Waals surface area contributed by atoms with E-state index < -0.39 is 23.5 Å². The normalized spacial score (nSPS) is 12.4. The van der Waals surface area contributed by atoms with Crippen LogP contribution in [0.5, 0.6) is 0 Å². The summed E-state index contributed by atoms with van der Waals surface area (Å²) in [6, 6.07) is 0. The molecule has 0 saturated heterocycles. The van der Waals surface area contributed by atoms with Crippen LogP contribution in [0.25, 0.3) is 0 Å².